The Labute approximate surface area is 245 Å². The van der Waals surface area contributed by atoms with Gasteiger partial charge in [-0.1, -0.05) is 54.6 Å². The predicted octanol–water partition coefficient (Wildman–Crippen LogP) is 9.52. The fourth-order valence-electron chi connectivity index (χ4n) is 6.72. The highest BCUT2D eigenvalue weighted by Gasteiger charge is 2.18. The van der Waals surface area contributed by atoms with E-state index in [0.717, 1.165) is 71.3 Å². The number of fused-ring (bicyclic) bond motifs is 9. The van der Waals surface area contributed by atoms with E-state index >= 15 is 0 Å². The molecular weight excluding hydrogens is 528 g/mol. The number of benzene rings is 6. The summed E-state index contributed by atoms with van der Waals surface area (Å²) in [6.07, 6.45) is 0. The molecule has 0 aliphatic carbocycles. The van der Waals surface area contributed by atoms with Crippen molar-refractivity contribution in [3.63, 3.8) is 0 Å². The van der Waals surface area contributed by atoms with E-state index in [0.29, 0.717) is 16.7 Å². The molecule has 0 radical (unpaired) electrons. The molecule has 0 saturated carbocycles. The van der Waals surface area contributed by atoms with Gasteiger partial charge in [-0.2, -0.15) is 10.5 Å². The second kappa shape index (κ2) is 8.60. The van der Waals surface area contributed by atoms with Gasteiger partial charge in [0.05, 0.1) is 39.3 Å². The zero-order valence-corrected chi connectivity index (χ0v) is 22.7. The molecule has 0 aliphatic rings. The Bertz CT molecular complexity index is 2710. The minimum Gasteiger partial charge on any atom is -0.455 e. The molecule has 198 valence electrons. The molecule has 9 aromatic rings. The van der Waals surface area contributed by atoms with Gasteiger partial charge in [0.2, 0.25) is 0 Å². The summed E-state index contributed by atoms with van der Waals surface area (Å²) in [5.74, 6) is 0. The lowest BCUT2D eigenvalue weighted by molar-refractivity contribution is 0.668. The molecule has 9 rings (SSSR count). The Morgan fingerprint density at radius 3 is 1.81 bits per heavy atom. The van der Waals surface area contributed by atoms with E-state index in [1.807, 2.05) is 36.4 Å². The fraction of sp³-hybridized carbons (Fsp3) is 0. The highest BCUT2D eigenvalue weighted by molar-refractivity contribution is 6.17. The Kier molecular flexibility index (Phi) is 4.68. The van der Waals surface area contributed by atoms with E-state index in [2.05, 4.69) is 100 Å². The maximum absolute atomic E-state index is 9.68. The van der Waals surface area contributed by atoms with Gasteiger partial charge in [-0.05, 0) is 66.7 Å². The van der Waals surface area contributed by atoms with Crippen molar-refractivity contribution < 1.29 is 4.42 Å². The van der Waals surface area contributed by atoms with Gasteiger partial charge in [0.15, 0.2) is 5.58 Å². The van der Waals surface area contributed by atoms with Gasteiger partial charge in [0, 0.05) is 43.7 Å². The smallest absolute Gasteiger partial charge is 0.153 e. The number of aromatic nitrogens is 2. The molecule has 43 heavy (non-hydrogen) atoms. The number of furan rings is 1. The number of para-hydroxylation sites is 3. The molecule has 0 aliphatic heterocycles. The van der Waals surface area contributed by atoms with Crippen LogP contribution in [0.3, 0.4) is 0 Å². The largest absolute Gasteiger partial charge is 0.455 e. The van der Waals surface area contributed by atoms with E-state index in [9.17, 15) is 10.5 Å². The molecule has 0 amide bonds. The summed E-state index contributed by atoms with van der Waals surface area (Å²) < 4.78 is 10.8. The third-order valence-electron chi connectivity index (χ3n) is 8.56. The molecule has 3 aromatic heterocycles. The molecule has 0 fully saturated rings. The number of nitrogens with zero attached hydrogens (tertiary/aromatic N) is 4. The lowest BCUT2D eigenvalue weighted by atomic mass is 10.1. The van der Waals surface area contributed by atoms with Gasteiger partial charge in [-0.3, -0.25) is 0 Å². The van der Waals surface area contributed by atoms with Gasteiger partial charge in [-0.15, -0.1) is 0 Å². The van der Waals surface area contributed by atoms with Crippen LogP contribution in [0.5, 0.6) is 0 Å². The predicted molar refractivity (Wildman–Crippen MR) is 172 cm³/mol. The molecule has 0 unspecified atom stereocenters. The van der Waals surface area contributed by atoms with E-state index in [4.69, 9.17) is 4.42 Å². The molecule has 0 spiro atoms. The normalized spacial score (nSPS) is 11.7. The zero-order valence-electron chi connectivity index (χ0n) is 22.7. The van der Waals surface area contributed by atoms with Crippen molar-refractivity contribution in [2.75, 3.05) is 0 Å². The van der Waals surface area contributed by atoms with Crippen molar-refractivity contribution in [1.29, 1.82) is 10.5 Å². The maximum Gasteiger partial charge on any atom is 0.153 e. The van der Waals surface area contributed by atoms with E-state index < -0.39 is 0 Å². The molecule has 0 atom stereocenters. The van der Waals surface area contributed by atoms with Crippen molar-refractivity contribution in [3.8, 4) is 23.5 Å². The third kappa shape index (κ3) is 3.19. The quantitative estimate of drug-likeness (QED) is 0.216. The number of rotatable bonds is 2. The lowest BCUT2D eigenvalue weighted by Crippen LogP contribution is -1.98. The summed E-state index contributed by atoms with van der Waals surface area (Å²) in [5, 5.41) is 25.6. The van der Waals surface area contributed by atoms with Crippen molar-refractivity contribution in [2.45, 2.75) is 0 Å². The van der Waals surface area contributed by atoms with Gasteiger partial charge in [-0.25, -0.2) is 0 Å². The summed E-state index contributed by atoms with van der Waals surface area (Å²) in [4.78, 5) is 0. The van der Waals surface area contributed by atoms with Crippen molar-refractivity contribution in [3.05, 3.63) is 132 Å². The maximum atomic E-state index is 9.68. The SMILES string of the molecule is N#Cc1ccc2c(c1)c1ccccc1n2-c1cccc(-n2c3ccccc3c3cc4oc5c(C#N)cccc5c4cc32)c1. The minimum atomic E-state index is 0.534. The van der Waals surface area contributed by atoms with Crippen LogP contribution in [0.15, 0.2) is 126 Å². The number of hydrogen-bond donors (Lipinski definition) is 0. The highest BCUT2D eigenvalue weighted by atomic mass is 16.3. The molecule has 5 heteroatoms. The minimum absolute atomic E-state index is 0.534. The summed E-state index contributed by atoms with van der Waals surface area (Å²) in [6, 6.07) is 45.8. The van der Waals surface area contributed by atoms with Crippen LogP contribution in [0.4, 0.5) is 0 Å². The van der Waals surface area contributed by atoms with Crippen LogP contribution in [-0.2, 0) is 0 Å². The first-order chi connectivity index (χ1) is 21.2. The van der Waals surface area contributed by atoms with Gasteiger partial charge < -0.3 is 13.6 Å². The van der Waals surface area contributed by atoms with E-state index in [1.165, 1.54) is 0 Å². The summed E-state index contributed by atoms with van der Waals surface area (Å²) in [5.41, 5.74) is 8.95. The highest BCUT2D eigenvalue weighted by Crippen LogP contribution is 2.39. The van der Waals surface area contributed by atoms with Crippen LogP contribution in [0.1, 0.15) is 11.1 Å². The van der Waals surface area contributed by atoms with Crippen LogP contribution in [-0.4, -0.2) is 9.13 Å². The van der Waals surface area contributed by atoms with Crippen molar-refractivity contribution in [2.24, 2.45) is 0 Å². The number of hydrogen-bond acceptors (Lipinski definition) is 3. The van der Waals surface area contributed by atoms with Crippen LogP contribution in [0, 0.1) is 22.7 Å². The van der Waals surface area contributed by atoms with Gasteiger partial charge in [0.25, 0.3) is 0 Å². The van der Waals surface area contributed by atoms with E-state index in [-0.39, 0.29) is 0 Å². The van der Waals surface area contributed by atoms with Crippen LogP contribution in [0.25, 0.3) is 76.9 Å². The first kappa shape index (κ1) is 23.4. The van der Waals surface area contributed by atoms with Gasteiger partial charge in [0.1, 0.15) is 11.7 Å². The van der Waals surface area contributed by atoms with Crippen LogP contribution >= 0.6 is 0 Å². The van der Waals surface area contributed by atoms with Crippen molar-refractivity contribution >= 4 is 65.6 Å². The van der Waals surface area contributed by atoms with Crippen molar-refractivity contribution in [1.82, 2.24) is 9.13 Å². The molecule has 0 bridgehead atoms. The number of nitriles is 2. The summed E-state index contributed by atoms with van der Waals surface area (Å²) in [7, 11) is 0. The molecule has 6 aromatic carbocycles. The first-order valence-electron chi connectivity index (χ1n) is 14.1. The van der Waals surface area contributed by atoms with Crippen LogP contribution in [0.2, 0.25) is 0 Å². The standard InChI is InChI=1S/C38H20N4O/c39-21-23-15-16-35-30(17-23)27-10-1-3-13-33(27)41(35)25-8-6-9-26(18-25)42-34-14-4-2-11-28(34)31-20-37-32(19-36(31)42)29-12-5-7-24(22-40)38(29)43-37/h1-20H. The Morgan fingerprint density at radius 1 is 0.465 bits per heavy atom. The Hall–Kier alpha value is -6.30. The molecule has 3 heterocycles. The first-order valence-corrected chi connectivity index (χ1v) is 14.1. The zero-order chi connectivity index (χ0) is 28.7. The second-order valence-corrected chi connectivity index (χ2v) is 10.8. The van der Waals surface area contributed by atoms with Crippen LogP contribution < -0.4 is 0 Å². The third-order valence-corrected chi connectivity index (χ3v) is 8.56. The molecule has 0 saturated heterocycles. The monoisotopic (exact) mass is 548 g/mol. The average Bonchev–Trinajstić information content (AvgIpc) is 3.70. The second-order valence-electron chi connectivity index (χ2n) is 10.8. The van der Waals surface area contributed by atoms with E-state index in [1.54, 1.807) is 6.07 Å². The molecule has 5 nitrogen and oxygen atoms in total. The lowest BCUT2D eigenvalue weighted by Gasteiger charge is -2.13. The summed E-state index contributed by atoms with van der Waals surface area (Å²) in [6.45, 7) is 0. The Morgan fingerprint density at radius 2 is 1.09 bits per heavy atom. The fourth-order valence-corrected chi connectivity index (χ4v) is 6.72. The molecule has 0 N–H and O–H groups in total. The van der Waals surface area contributed by atoms with Gasteiger partial charge >= 0.3 is 0 Å². The summed E-state index contributed by atoms with van der Waals surface area (Å²) >= 11 is 0. The topological polar surface area (TPSA) is 70.6 Å². The average molecular weight is 549 g/mol. The Balaban J connectivity index is 1.35. The molecular formula is C38H20N4O.